The monoisotopic (exact) mass is 383 g/mol. The topological polar surface area (TPSA) is 81.6 Å². The summed E-state index contributed by atoms with van der Waals surface area (Å²) in [6, 6.07) is 7.87. The summed E-state index contributed by atoms with van der Waals surface area (Å²) in [6.07, 6.45) is 3.62. The van der Waals surface area contributed by atoms with Gasteiger partial charge in [-0.05, 0) is 43.7 Å². The lowest BCUT2D eigenvalue weighted by molar-refractivity contribution is -0.114. The van der Waals surface area contributed by atoms with Crippen LogP contribution in [0.2, 0.25) is 0 Å². The van der Waals surface area contributed by atoms with Gasteiger partial charge in [0.1, 0.15) is 18.0 Å². The highest BCUT2D eigenvalue weighted by atomic mass is 16.3. The molecule has 1 aromatic carbocycles. The number of carbonyl (C=O) groups excluding carboxylic acids is 1. The number of hydrogen-bond acceptors (Lipinski definition) is 6. The molecule has 1 aliphatic rings. The third kappa shape index (κ3) is 4.78. The number of anilines is 3. The van der Waals surface area contributed by atoms with E-state index in [1.165, 1.54) is 6.33 Å². The fourth-order valence-electron chi connectivity index (χ4n) is 3.63. The second kappa shape index (κ2) is 9.01. The van der Waals surface area contributed by atoms with E-state index in [4.69, 9.17) is 0 Å². The number of para-hydroxylation sites is 1. The maximum atomic E-state index is 12.5. The van der Waals surface area contributed by atoms with E-state index in [0.717, 1.165) is 48.6 Å². The van der Waals surface area contributed by atoms with E-state index in [-0.39, 0.29) is 25.0 Å². The van der Waals surface area contributed by atoms with Gasteiger partial charge in [0.05, 0.1) is 6.54 Å². The van der Waals surface area contributed by atoms with Crippen LogP contribution in [-0.4, -0.2) is 54.3 Å². The molecular weight excluding hydrogens is 354 g/mol. The van der Waals surface area contributed by atoms with Crippen LogP contribution in [0.15, 0.2) is 30.6 Å². The molecule has 28 heavy (non-hydrogen) atoms. The third-order valence-corrected chi connectivity index (χ3v) is 5.26. The van der Waals surface area contributed by atoms with Crippen LogP contribution < -0.4 is 15.1 Å². The van der Waals surface area contributed by atoms with Crippen molar-refractivity contribution in [2.75, 3.05) is 48.4 Å². The summed E-state index contributed by atoms with van der Waals surface area (Å²) in [5.74, 6) is 1.74. The molecule has 7 heteroatoms. The quantitative estimate of drug-likeness (QED) is 0.797. The molecule has 0 radical (unpaired) electrons. The summed E-state index contributed by atoms with van der Waals surface area (Å²) >= 11 is 0. The minimum absolute atomic E-state index is 0.0848. The van der Waals surface area contributed by atoms with Crippen molar-refractivity contribution < 1.29 is 9.90 Å². The van der Waals surface area contributed by atoms with Crippen molar-refractivity contribution in [3.05, 3.63) is 41.7 Å². The first kappa shape index (κ1) is 20.1. The molecule has 3 rings (SSSR count). The molecule has 1 fully saturated rings. The van der Waals surface area contributed by atoms with Crippen molar-refractivity contribution in [3.63, 3.8) is 0 Å². The molecule has 1 aliphatic heterocycles. The highest BCUT2D eigenvalue weighted by Crippen LogP contribution is 2.24. The molecule has 1 unspecified atom stereocenters. The first-order valence-electron chi connectivity index (χ1n) is 9.73. The SMILES string of the molecule is Cc1cccc(C)c1NC(=O)CN(C)c1cc(N2CCCC(CO)C2)ncn1. The Morgan fingerprint density at radius 2 is 2.07 bits per heavy atom. The van der Waals surface area contributed by atoms with Crippen LogP contribution in [0.3, 0.4) is 0 Å². The molecule has 0 spiro atoms. The maximum Gasteiger partial charge on any atom is 0.243 e. The van der Waals surface area contributed by atoms with Gasteiger partial charge in [0.2, 0.25) is 5.91 Å². The van der Waals surface area contributed by atoms with Crippen LogP contribution in [0, 0.1) is 19.8 Å². The van der Waals surface area contributed by atoms with Crippen molar-refractivity contribution in [1.29, 1.82) is 0 Å². The molecule has 0 saturated carbocycles. The number of rotatable bonds is 6. The number of amides is 1. The summed E-state index contributed by atoms with van der Waals surface area (Å²) in [4.78, 5) is 25.3. The van der Waals surface area contributed by atoms with Gasteiger partial charge in [-0.2, -0.15) is 0 Å². The van der Waals surface area contributed by atoms with Crippen LogP contribution in [0.25, 0.3) is 0 Å². The number of benzene rings is 1. The Morgan fingerprint density at radius 3 is 2.79 bits per heavy atom. The lowest BCUT2D eigenvalue weighted by Gasteiger charge is -2.33. The maximum absolute atomic E-state index is 12.5. The molecule has 0 bridgehead atoms. The van der Waals surface area contributed by atoms with Gasteiger partial charge in [0.25, 0.3) is 0 Å². The molecule has 1 aromatic heterocycles. The molecule has 1 amide bonds. The minimum Gasteiger partial charge on any atom is -0.396 e. The Balaban J connectivity index is 1.66. The van der Waals surface area contributed by atoms with E-state index >= 15 is 0 Å². The third-order valence-electron chi connectivity index (χ3n) is 5.26. The molecule has 150 valence electrons. The number of hydrogen-bond donors (Lipinski definition) is 2. The van der Waals surface area contributed by atoms with Gasteiger partial charge in [-0.1, -0.05) is 18.2 Å². The summed E-state index contributed by atoms with van der Waals surface area (Å²) in [7, 11) is 1.85. The van der Waals surface area contributed by atoms with Gasteiger partial charge in [-0.3, -0.25) is 4.79 Å². The first-order chi connectivity index (χ1) is 13.5. The number of aryl methyl sites for hydroxylation is 2. The van der Waals surface area contributed by atoms with Crippen molar-refractivity contribution in [1.82, 2.24) is 9.97 Å². The second-order valence-corrected chi connectivity index (χ2v) is 7.54. The Morgan fingerprint density at radius 1 is 1.32 bits per heavy atom. The molecule has 0 aliphatic carbocycles. The highest BCUT2D eigenvalue weighted by Gasteiger charge is 2.21. The zero-order chi connectivity index (χ0) is 20.1. The standard InChI is InChI=1S/C21H29N5O2/c1-15-6-4-7-16(2)21(15)24-20(28)12-25(3)18-10-19(23-14-22-18)26-9-5-8-17(11-26)13-27/h4,6-7,10,14,17,27H,5,8-9,11-13H2,1-3H3,(H,24,28). The fraction of sp³-hybridized carbons (Fsp3) is 0.476. The fourth-order valence-corrected chi connectivity index (χ4v) is 3.63. The number of aliphatic hydroxyl groups excluding tert-OH is 1. The van der Waals surface area contributed by atoms with E-state index in [9.17, 15) is 9.90 Å². The van der Waals surface area contributed by atoms with Crippen molar-refractivity contribution in [3.8, 4) is 0 Å². The smallest absolute Gasteiger partial charge is 0.243 e. The van der Waals surface area contributed by atoms with Crippen LogP contribution in [0.5, 0.6) is 0 Å². The predicted octanol–water partition coefficient (Wildman–Crippen LogP) is 2.38. The number of aliphatic hydroxyl groups is 1. The van der Waals surface area contributed by atoms with Gasteiger partial charge in [0.15, 0.2) is 0 Å². The van der Waals surface area contributed by atoms with E-state index in [1.54, 1.807) is 0 Å². The Bertz CT molecular complexity index is 806. The number of likely N-dealkylation sites (N-methyl/N-ethyl adjacent to an activating group) is 1. The highest BCUT2D eigenvalue weighted by molar-refractivity contribution is 5.95. The van der Waals surface area contributed by atoms with E-state index in [2.05, 4.69) is 20.2 Å². The molecular formula is C21H29N5O2. The van der Waals surface area contributed by atoms with E-state index in [0.29, 0.717) is 5.82 Å². The van der Waals surface area contributed by atoms with Crippen molar-refractivity contribution in [2.24, 2.45) is 5.92 Å². The predicted molar refractivity (Wildman–Crippen MR) is 112 cm³/mol. The number of aromatic nitrogens is 2. The van der Waals surface area contributed by atoms with Crippen molar-refractivity contribution >= 4 is 23.2 Å². The number of piperidine rings is 1. The Labute approximate surface area is 166 Å². The zero-order valence-corrected chi connectivity index (χ0v) is 16.9. The van der Waals surface area contributed by atoms with Gasteiger partial charge >= 0.3 is 0 Å². The second-order valence-electron chi connectivity index (χ2n) is 7.54. The summed E-state index contributed by atoms with van der Waals surface area (Å²) < 4.78 is 0. The van der Waals surface area contributed by atoms with Gasteiger partial charge in [-0.15, -0.1) is 0 Å². The zero-order valence-electron chi connectivity index (χ0n) is 16.9. The molecule has 2 heterocycles. The molecule has 1 saturated heterocycles. The average molecular weight is 383 g/mol. The largest absolute Gasteiger partial charge is 0.396 e. The lowest BCUT2D eigenvalue weighted by Crippen LogP contribution is -2.37. The first-order valence-corrected chi connectivity index (χ1v) is 9.73. The Hall–Kier alpha value is -2.67. The van der Waals surface area contributed by atoms with Crippen molar-refractivity contribution in [2.45, 2.75) is 26.7 Å². The summed E-state index contributed by atoms with van der Waals surface area (Å²) in [5, 5.41) is 12.5. The number of nitrogens with one attached hydrogen (secondary N) is 1. The van der Waals surface area contributed by atoms with Gasteiger partial charge in [0, 0.05) is 38.5 Å². The van der Waals surface area contributed by atoms with E-state index in [1.807, 2.05) is 50.1 Å². The number of carbonyl (C=O) groups is 1. The van der Waals surface area contributed by atoms with E-state index < -0.39 is 0 Å². The van der Waals surface area contributed by atoms with Gasteiger partial charge in [-0.25, -0.2) is 9.97 Å². The van der Waals surface area contributed by atoms with Crippen LogP contribution in [0.4, 0.5) is 17.3 Å². The molecule has 1 atom stereocenters. The summed E-state index contributed by atoms with van der Waals surface area (Å²) in [6.45, 7) is 6.09. The molecule has 7 nitrogen and oxygen atoms in total. The molecule has 2 aromatic rings. The lowest BCUT2D eigenvalue weighted by atomic mass is 9.99. The average Bonchev–Trinajstić information content (AvgIpc) is 2.71. The van der Waals surface area contributed by atoms with Crippen LogP contribution >= 0.6 is 0 Å². The van der Waals surface area contributed by atoms with Crippen LogP contribution in [-0.2, 0) is 4.79 Å². The molecule has 2 N–H and O–H groups in total. The van der Waals surface area contributed by atoms with Crippen LogP contribution in [0.1, 0.15) is 24.0 Å². The van der Waals surface area contributed by atoms with Gasteiger partial charge < -0.3 is 20.2 Å². The number of nitrogens with zero attached hydrogens (tertiary/aromatic N) is 4. The minimum atomic E-state index is -0.0848. The summed E-state index contributed by atoms with van der Waals surface area (Å²) in [5.41, 5.74) is 2.96. The Kier molecular flexibility index (Phi) is 6.46. The normalized spacial score (nSPS) is 16.7.